The molecule has 2 atom stereocenters. The molecule has 16 heavy (non-hydrogen) atoms. The summed E-state index contributed by atoms with van der Waals surface area (Å²) >= 11 is 0. The van der Waals surface area contributed by atoms with Gasteiger partial charge in [-0.1, -0.05) is 12.2 Å². The quantitative estimate of drug-likeness (QED) is 0.721. The standard InChI is InChI=1S/C14H22O2/c15-13(11-7-3-1-4-8-11)14(16)12-9-5-2-6-10-12/h7,9,13-16H,1-6,8,10H2/t13-,14-/m1/s1. The Morgan fingerprint density at radius 2 is 1.19 bits per heavy atom. The number of hydrogen-bond donors (Lipinski definition) is 2. The number of aliphatic hydroxyl groups is 2. The van der Waals surface area contributed by atoms with Gasteiger partial charge in [-0.3, -0.25) is 0 Å². The number of rotatable bonds is 3. The Labute approximate surface area is 97.7 Å². The van der Waals surface area contributed by atoms with E-state index in [-0.39, 0.29) is 0 Å². The second-order valence-corrected chi connectivity index (χ2v) is 4.94. The Morgan fingerprint density at radius 1 is 0.750 bits per heavy atom. The molecular formula is C14H22O2. The van der Waals surface area contributed by atoms with E-state index in [1.165, 1.54) is 12.8 Å². The van der Waals surface area contributed by atoms with Gasteiger partial charge in [-0.25, -0.2) is 0 Å². The molecule has 2 aliphatic carbocycles. The third-order valence-corrected chi connectivity index (χ3v) is 3.71. The first-order valence-corrected chi connectivity index (χ1v) is 6.53. The molecule has 0 fully saturated rings. The summed E-state index contributed by atoms with van der Waals surface area (Å²) < 4.78 is 0. The zero-order valence-electron chi connectivity index (χ0n) is 9.86. The molecule has 2 N–H and O–H groups in total. The van der Waals surface area contributed by atoms with Crippen LogP contribution < -0.4 is 0 Å². The van der Waals surface area contributed by atoms with Crippen LogP contribution in [-0.2, 0) is 0 Å². The molecule has 2 heteroatoms. The Balaban J connectivity index is 2.00. The predicted molar refractivity (Wildman–Crippen MR) is 65.1 cm³/mol. The minimum Gasteiger partial charge on any atom is -0.386 e. The fourth-order valence-corrected chi connectivity index (χ4v) is 2.67. The average molecular weight is 222 g/mol. The van der Waals surface area contributed by atoms with Crippen LogP contribution in [0.1, 0.15) is 51.4 Å². The van der Waals surface area contributed by atoms with Gasteiger partial charge in [-0.05, 0) is 62.5 Å². The first-order chi connectivity index (χ1) is 7.79. The minimum atomic E-state index is -0.662. The van der Waals surface area contributed by atoms with Crippen LogP contribution in [0.4, 0.5) is 0 Å². The predicted octanol–water partition coefficient (Wildman–Crippen LogP) is 2.71. The Morgan fingerprint density at radius 3 is 1.50 bits per heavy atom. The van der Waals surface area contributed by atoms with Crippen LogP contribution in [0.5, 0.6) is 0 Å². The van der Waals surface area contributed by atoms with Crippen molar-refractivity contribution in [2.24, 2.45) is 0 Å². The van der Waals surface area contributed by atoms with E-state index in [0.29, 0.717) is 0 Å². The summed E-state index contributed by atoms with van der Waals surface area (Å²) in [4.78, 5) is 0. The van der Waals surface area contributed by atoms with E-state index in [2.05, 4.69) is 12.2 Å². The average Bonchev–Trinajstić information content (AvgIpc) is 2.39. The largest absolute Gasteiger partial charge is 0.386 e. The molecule has 2 rings (SSSR count). The molecule has 2 nitrogen and oxygen atoms in total. The van der Waals surface area contributed by atoms with Crippen molar-refractivity contribution in [3.05, 3.63) is 23.3 Å². The third-order valence-electron chi connectivity index (χ3n) is 3.71. The molecule has 0 aromatic heterocycles. The fraction of sp³-hybridized carbons (Fsp3) is 0.714. The van der Waals surface area contributed by atoms with E-state index in [4.69, 9.17) is 0 Å². The summed E-state index contributed by atoms with van der Waals surface area (Å²) in [6, 6.07) is 0. The van der Waals surface area contributed by atoms with E-state index < -0.39 is 12.2 Å². The Kier molecular flexibility index (Phi) is 4.19. The van der Waals surface area contributed by atoms with Gasteiger partial charge in [0.1, 0.15) is 12.2 Å². The molecule has 90 valence electrons. The normalized spacial score (nSPS) is 25.6. The van der Waals surface area contributed by atoms with Gasteiger partial charge >= 0.3 is 0 Å². The highest BCUT2D eigenvalue weighted by Crippen LogP contribution is 2.27. The molecule has 0 saturated heterocycles. The molecule has 0 unspecified atom stereocenters. The smallest absolute Gasteiger partial charge is 0.105 e. The highest BCUT2D eigenvalue weighted by molar-refractivity contribution is 5.21. The van der Waals surface area contributed by atoms with Crippen molar-refractivity contribution in [1.82, 2.24) is 0 Å². The highest BCUT2D eigenvalue weighted by atomic mass is 16.3. The molecule has 0 heterocycles. The maximum atomic E-state index is 10.1. The third kappa shape index (κ3) is 2.74. The van der Waals surface area contributed by atoms with Crippen molar-refractivity contribution in [3.63, 3.8) is 0 Å². The van der Waals surface area contributed by atoms with Crippen molar-refractivity contribution in [3.8, 4) is 0 Å². The summed E-state index contributed by atoms with van der Waals surface area (Å²) in [5, 5.41) is 20.3. The second-order valence-electron chi connectivity index (χ2n) is 4.94. The van der Waals surface area contributed by atoms with Gasteiger partial charge in [-0.15, -0.1) is 0 Å². The molecule has 0 radical (unpaired) electrons. The van der Waals surface area contributed by atoms with E-state index in [9.17, 15) is 10.2 Å². The van der Waals surface area contributed by atoms with Crippen LogP contribution in [0.25, 0.3) is 0 Å². The molecule has 0 aromatic carbocycles. The van der Waals surface area contributed by atoms with Gasteiger partial charge in [0.2, 0.25) is 0 Å². The zero-order chi connectivity index (χ0) is 11.4. The molecule has 0 amide bonds. The van der Waals surface area contributed by atoms with Crippen LogP contribution in [0.3, 0.4) is 0 Å². The maximum absolute atomic E-state index is 10.1. The molecule has 0 bridgehead atoms. The molecule has 0 saturated carbocycles. The number of hydrogen-bond acceptors (Lipinski definition) is 2. The molecule has 0 aliphatic heterocycles. The lowest BCUT2D eigenvalue weighted by atomic mass is 9.87. The van der Waals surface area contributed by atoms with Crippen molar-refractivity contribution >= 4 is 0 Å². The number of aliphatic hydroxyl groups excluding tert-OH is 2. The van der Waals surface area contributed by atoms with Gasteiger partial charge in [0, 0.05) is 0 Å². The van der Waals surface area contributed by atoms with Gasteiger partial charge in [-0.2, -0.15) is 0 Å². The Hall–Kier alpha value is -0.600. The monoisotopic (exact) mass is 222 g/mol. The summed E-state index contributed by atoms with van der Waals surface area (Å²) in [5.41, 5.74) is 2.09. The maximum Gasteiger partial charge on any atom is 0.105 e. The summed E-state index contributed by atoms with van der Waals surface area (Å²) in [5.74, 6) is 0. The topological polar surface area (TPSA) is 40.5 Å². The zero-order valence-corrected chi connectivity index (χ0v) is 9.86. The lowest BCUT2D eigenvalue weighted by molar-refractivity contribution is 0.0594. The van der Waals surface area contributed by atoms with Crippen LogP contribution >= 0.6 is 0 Å². The fourth-order valence-electron chi connectivity index (χ4n) is 2.67. The lowest BCUT2D eigenvalue weighted by Gasteiger charge is -2.26. The summed E-state index contributed by atoms with van der Waals surface area (Å²) in [6.07, 6.45) is 11.6. The van der Waals surface area contributed by atoms with Crippen LogP contribution in [0, 0.1) is 0 Å². The Bertz CT molecular complexity index is 261. The van der Waals surface area contributed by atoms with Crippen molar-refractivity contribution < 1.29 is 10.2 Å². The second kappa shape index (κ2) is 5.65. The first-order valence-electron chi connectivity index (χ1n) is 6.53. The van der Waals surface area contributed by atoms with Gasteiger partial charge in [0.05, 0.1) is 0 Å². The van der Waals surface area contributed by atoms with E-state index in [1.807, 2.05) is 0 Å². The van der Waals surface area contributed by atoms with Crippen molar-refractivity contribution in [1.29, 1.82) is 0 Å². The minimum absolute atomic E-state index is 0.662. The van der Waals surface area contributed by atoms with Crippen LogP contribution in [-0.4, -0.2) is 22.4 Å². The molecule has 2 aliphatic rings. The molecule has 0 spiro atoms. The van der Waals surface area contributed by atoms with Crippen molar-refractivity contribution in [2.75, 3.05) is 0 Å². The molecular weight excluding hydrogens is 200 g/mol. The highest BCUT2D eigenvalue weighted by Gasteiger charge is 2.25. The molecule has 0 aromatic rings. The van der Waals surface area contributed by atoms with Gasteiger partial charge in [0.15, 0.2) is 0 Å². The van der Waals surface area contributed by atoms with Crippen LogP contribution in [0.15, 0.2) is 23.3 Å². The van der Waals surface area contributed by atoms with Gasteiger partial charge < -0.3 is 10.2 Å². The van der Waals surface area contributed by atoms with E-state index in [1.54, 1.807) is 0 Å². The lowest BCUT2D eigenvalue weighted by Crippen LogP contribution is -2.31. The van der Waals surface area contributed by atoms with Crippen LogP contribution in [0.2, 0.25) is 0 Å². The summed E-state index contributed by atoms with van der Waals surface area (Å²) in [6.45, 7) is 0. The van der Waals surface area contributed by atoms with Crippen molar-refractivity contribution in [2.45, 2.75) is 63.6 Å². The number of allylic oxidation sites excluding steroid dienone is 2. The van der Waals surface area contributed by atoms with E-state index >= 15 is 0 Å². The summed E-state index contributed by atoms with van der Waals surface area (Å²) in [7, 11) is 0. The first kappa shape index (κ1) is 11.9. The van der Waals surface area contributed by atoms with E-state index in [0.717, 1.165) is 49.7 Å². The van der Waals surface area contributed by atoms with Gasteiger partial charge in [0.25, 0.3) is 0 Å². The SMILES string of the molecule is O[C@H](C1=CCCCC1)[C@H](O)C1=CCCCC1.